The Hall–Kier alpha value is -1.33. The molecule has 1 aromatic carbocycles. The monoisotopic (exact) mass is 337 g/mol. The van der Waals surface area contributed by atoms with E-state index in [0.717, 1.165) is 21.5 Å². The molecule has 4 nitrogen and oxygen atoms in total. The highest BCUT2D eigenvalue weighted by Crippen LogP contribution is 2.30. The number of ether oxygens (including phenoxy) is 1. The summed E-state index contributed by atoms with van der Waals surface area (Å²) in [5, 5.41) is 4.38. The van der Waals surface area contributed by atoms with E-state index in [2.05, 4.69) is 34.9 Å². The molecule has 1 heterocycles. The Balaban J connectivity index is 2.38. The van der Waals surface area contributed by atoms with Gasteiger partial charge in [0.2, 0.25) is 0 Å². The molecule has 0 amide bonds. The van der Waals surface area contributed by atoms with Gasteiger partial charge in [-0.1, -0.05) is 12.1 Å². The smallest absolute Gasteiger partial charge is 0.119 e. The lowest BCUT2D eigenvalue weighted by Crippen LogP contribution is -2.19. The molecule has 1 atom stereocenters. The van der Waals surface area contributed by atoms with E-state index in [1.165, 1.54) is 0 Å². The van der Waals surface area contributed by atoms with Crippen LogP contribution in [-0.4, -0.2) is 16.4 Å². The van der Waals surface area contributed by atoms with Crippen molar-refractivity contribution in [1.29, 1.82) is 0 Å². The minimum absolute atomic E-state index is 0.241. The van der Waals surface area contributed by atoms with E-state index in [1.54, 1.807) is 6.20 Å². The molecule has 5 heteroatoms. The maximum Gasteiger partial charge on any atom is 0.119 e. The fourth-order valence-corrected chi connectivity index (χ4v) is 2.70. The zero-order valence-electron chi connectivity index (χ0n) is 12.0. The van der Waals surface area contributed by atoms with E-state index < -0.39 is 0 Å². The first-order valence-electron chi connectivity index (χ1n) is 6.75. The lowest BCUT2D eigenvalue weighted by atomic mass is 10.0. The lowest BCUT2D eigenvalue weighted by Gasteiger charge is -2.18. The van der Waals surface area contributed by atoms with Crippen LogP contribution >= 0.6 is 15.9 Å². The second-order valence-electron chi connectivity index (χ2n) is 4.90. The van der Waals surface area contributed by atoms with Crippen molar-refractivity contribution in [2.45, 2.75) is 32.9 Å². The highest BCUT2D eigenvalue weighted by molar-refractivity contribution is 9.10. The quantitative estimate of drug-likeness (QED) is 0.905. The maximum absolute atomic E-state index is 6.42. The Labute approximate surface area is 128 Å². The number of hydrogen-bond acceptors (Lipinski definition) is 3. The van der Waals surface area contributed by atoms with Crippen molar-refractivity contribution in [2.24, 2.45) is 5.73 Å². The SMILES string of the molecule is CCOc1cccc(C(N)c2c(Br)cnn2C(C)C)c1. The molecule has 0 aliphatic rings. The van der Waals surface area contributed by atoms with Gasteiger partial charge in [0.1, 0.15) is 5.75 Å². The summed E-state index contributed by atoms with van der Waals surface area (Å²) in [4.78, 5) is 0. The van der Waals surface area contributed by atoms with Gasteiger partial charge in [0.05, 0.1) is 29.0 Å². The van der Waals surface area contributed by atoms with E-state index in [1.807, 2.05) is 35.9 Å². The number of rotatable bonds is 5. The molecule has 0 spiro atoms. The lowest BCUT2D eigenvalue weighted by molar-refractivity contribution is 0.339. The molecule has 2 rings (SSSR count). The summed E-state index contributed by atoms with van der Waals surface area (Å²) in [5.74, 6) is 0.840. The summed E-state index contributed by atoms with van der Waals surface area (Å²) in [7, 11) is 0. The highest BCUT2D eigenvalue weighted by Gasteiger charge is 2.20. The van der Waals surface area contributed by atoms with Crippen molar-refractivity contribution in [3.63, 3.8) is 0 Å². The van der Waals surface area contributed by atoms with Crippen molar-refractivity contribution >= 4 is 15.9 Å². The first-order chi connectivity index (χ1) is 9.54. The van der Waals surface area contributed by atoms with E-state index in [-0.39, 0.29) is 12.1 Å². The largest absolute Gasteiger partial charge is 0.494 e. The highest BCUT2D eigenvalue weighted by atomic mass is 79.9. The standard InChI is InChI=1S/C15H20BrN3O/c1-4-20-12-7-5-6-11(8-12)14(17)15-13(16)9-18-19(15)10(2)3/h5-10,14H,4,17H2,1-3H3. The molecular weight excluding hydrogens is 318 g/mol. The third-order valence-electron chi connectivity index (χ3n) is 3.10. The second kappa shape index (κ2) is 6.41. The van der Waals surface area contributed by atoms with Crippen molar-refractivity contribution in [3.8, 4) is 5.75 Å². The molecular formula is C15H20BrN3O. The Bertz CT molecular complexity index is 580. The van der Waals surface area contributed by atoms with Gasteiger partial charge in [-0.15, -0.1) is 0 Å². The van der Waals surface area contributed by atoms with Crippen LogP contribution < -0.4 is 10.5 Å². The maximum atomic E-state index is 6.42. The van der Waals surface area contributed by atoms with Gasteiger partial charge >= 0.3 is 0 Å². The molecule has 2 aromatic rings. The van der Waals surface area contributed by atoms with Crippen molar-refractivity contribution in [1.82, 2.24) is 9.78 Å². The average Bonchev–Trinajstić information content (AvgIpc) is 2.81. The topological polar surface area (TPSA) is 53.1 Å². The molecule has 0 aliphatic heterocycles. The second-order valence-corrected chi connectivity index (χ2v) is 5.75. The summed E-state index contributed by atoms with van der Waals surface area (Å²) in [6.45, 7) is 6.79. The van der Waals surface area contributed by atoms with Crippen LogP contribution in [-0.2, 0) is 0 Å². The molecule has 0 saturated heterocycles. The summed E-state index contributed by atoms with van der Waals surface area (Å²) < 4.78 is 8.41. The van der Waals surface area contributed by atoms with Gasteiger partial charge in [0, 0.05) is 6.04 Å². The van der Waals surface area contributed by atoms with Gasteiger partial charge < -0.3 is 10.5 Å². The fraction of sp³-hybridized carbons (Fsp3) is 0.400. The van der Waals surface area contributed by atoms with Crippen LogP contribution in [0.25, 0.3) is 0 Å². The van der Waals surface area contributed by atoms with Gasteiger partial charge in [0.15, 0.2) is 0 Å². The summed E-state index contributed by atoms with van der Waals surface area (Å²) in [5.41, 5.74) is 8.41. The van der Waals surface area contributed by atoms with Crippen LogP contribution in [0, 0.1) is 0 Å². The van der Waals surface area contributed by atoms with Crippen molar-refractivity contribution in [2.75, 3.05) is 6.61 Å². The number of nitrogens with two attached hydrogens (primary N) is 1. The van der Waals surface area contributed by atoms with Gasteiger partial charge in [-0.05, 0) is 54.4 Å². The van der Waals surface area contributed by atoms with E-state index in [0.29, 0.717) is 6.61 Å². The number of halogens is 1. The van der Waals surface area contributed by atoms with Crippen LogP contribution in [0.2, 0.25) is 0 Å². The Morgan fingerprint density at radius 3 is 2.80 bits per heavy atom. The predicted octanol–water partition coefficient (Wildman–Crippen LogP) is 3.67. The van der Waals surface area contributed by atoms with E-state index >= 15 is 0 Å². The molecule has 0 saturated carbocycles. The van der Waals surface area contributed by atoms with Gasteiger partial charge in [-0.2, -0.15) is 5.10 Å². The Kier molecular flexibility index (Phi) is 4.83. The Morgan fingerprint density at radius 2 is 2.15 bits per heavy atom. The predicted molar refractivity (Wildman–Crippen MR) is 84.0 cm³/mol. The van der Waals surface area contributed by atoms with Crippen LogP contribution in [0.4, 0.5) is 0 Å². The molecule has 0 bridgehead atoms. The van der Waals surface area contributed by atoms with Crippen LogP contribution in [0.15, 0.2) is 34.9 Å². The fourth-order valence-electron chi connectivity index (χ4n) is 2.18. The van der Waals surface area contributed by atoms with E-state index in [4.69, 9.17) is 10.5 Å². The molecule has 2 N–H and O–H groups in total. The number of benzene rings is 1. The molecule has 20 heavy (non-hydrogen) atoms. The minimum atomic E-state index is -0.241. The zero-order valence-corrected chi connectivity index (χ0v) is 13.6. The van der Waals surface area contributed by atoms with Crippen LogP contribution in [0.1, 0.15) is 44.1 Å². The molecule has 0 aliphatic carbocycles. The molecule has 108 valence electrons. The van der Waals surface area contributed by atoms with Crippen molar-refractivity contribution < 1.29 is 4.74 Å². The third kappa shape index (κ3) is 3.04. The zero-order chi connectivity index (χ0) is 14.7. The number of nitrogens with zero attached hydrogens (tertiary/aromatic N) is 2. The van der Waals surface area contributed by atoms with Crippen LogP contribution in [0.5, 0.6) is 5.75 Å². The number of hydrogen-bond donors (Lipinski definition) is 1. The first-order valence-corrected chi connectivity index (χ1v) is 7.55. The minimum Gasteiger partial charge on any atom is -0.494 e. The van der Waals surface area contributed by atoms with Crippen LogP contribution in [0.3, 0.4) is 0 Å². The summed E-state index contributed by atoms with van der Waals surface area (Å²) in [6, 6.07) is 7.92. The van der Waals surface area contributed by atoms with Gasteiger partial charge in [0.25, 0.3) is 0 Å². The molecule has 0 fully saturated rings. The average molecular weight is 338 g/mol. The summed E-state index contributed by atoms with van der Waals surface area (Å²) >= 11 is 3.54. The van der Waals surface area contributed by atoms with E-state index in [9.17, 15) is 0 Å². The molecule has 1 unspecified atom stereocenters. The van der Waals surface area contributed by atoms with Gasteiger partial charge in [-0.3, -0.25) is 4.68 Å². The number of aromatic nitrogens is 2. The van der Waals surface area contributed by atoms with Crippen molar-refractivity contribution in [3.05, 3.63) is 46.2 Å². The van der Waals surface area contributed by atoms with Gasteiger partial charge in [-0.25, -0.2) is 0 Å². The molecule has 0 radical (unpaired) electrons. The summed E-state index contributed by atoms with van der Waals surface area (Å²) in [6.07, 6.45) is 1.79. The normalized spacial score (nSPS) is 12.7. The first kappa shape index (κ1) is 15.1. The third-order valence-corrected chi connectivity index (χ3v) is 3.71. The Morgan fingerprint density at radius 1 is 1.40 bits per heavy atom. The molecule has 1 aromatic heterocycles.